The van der Waals surface area contributed by atoms with E-state index in [-0.39, 0.29) is 11.7 Å². The highest BCUT2D eigenvalue weighted by Gasteiger charge is 2.24. The maximum atomic E-state index is 13.4. The fraction of sp³-hybridized carbons (Fsp3) is 0.500. The van der Waals surface area contributed by atoms with Crippen LogP contribution in [0.15, 0.2) is 18.2 Å². The number of H-pyrrole nitrogens is 1. The molecule has 0 bridgehead atoms. The summed E-state index contributed by atoms with van der Waals surface area (Å²) in [5.74, 6) is 1.03. The van der Waals surface area contributed by atoms with Gasteiger partial charge in [0.05, 0.1) is 34.7 Å². The lowest BCUT2D eigenvalue weighted by molar-refractivity contribution is -0.117. The van der Waals surface area contributed by atoms with Crippen molar-refractivity contribution in [2.24, 2.45) is 5.92 Å². The van der Waals surface area contributed by atoms with Gasteiger partial charge >= 0.3 is 0 Å². The molecule has 1 aromatic carbocycles. The minimum absolute atomic E-state index is 0.00304. The molecular weight excluding hydrogens is 383 g/mol. The summed E-state index contributed by atoms with van der Waals surface area (Å²) in [5.41, 5.74) is 4.18. The first-order valence-corrected chi connectivity index (χ1v) is 10.6. The molecule has 1 aliphatic heterocycles. The van der Waals surface area contributed by atoms with E-state index >= 15 is 0 Å². The number of fused-ring (bicyclic) bond motifs is 1. The van der Waals surface area contributed by atoms with E-state index < -0.39 is 0 Å². The number of anilines is 1. The molecule has 1 amide bonds. The molecule has 2 N–H and O–H groups in total. The molecule has 0 radical (unpaired) electrons. The molecule has 30 heavy (non-hydrogen) atoms. The van der Waals surface area contributed by atoms with Crippen LogP contribution in [0.3, 0.4) is 0 Å². The Morgan fingerprint density at radius 2 is 2.20 bits per heavy atom. The summed E-state index contributed by atoms with van der Waals surface area (Å²) in [4.78, 5) is 22.7. The van der Waals surface area contributed by atoms with Crippen molar-refractivity contribution in [2.45, 2.75) is 46.6 Å². The van der Waals surface area contributed by atoms with Gasteiger partial charge in [-0.3, -0.25) is 14.4 Å². The fourth-order valence-electron chi connectivity index (χ4n) is 4.43. The number of nitrogens with zero attached hydrogens (tertiary/aromatic N) is 4. The summed E-state index contributed by atoms with van der Waals surface area (Å²) < 4.78 is 15.3. The first-order valence-electron chi connectivity index (χ1n) is 10.6. The largest absolute Gasteiger partial charge is 0.342 e. The Bertz CT molecular complexity index is 1060. The van der Waals surface area contributed by atoms with Crippen LogP contribution in [-0.2, 0) is 17.8 Å². The molecule has 4 rings (SSSR count). The maximum absolute atomic E-state index is 13.4. The predicted molar refractivity (Wildman–Crippen MR) is 115 cm³/mol. The minimum atomic E-state index is -0.262. The second-order valence-corrected chi connectivity index (χ2v) is 8.20. The Hall–Kier alpha value is -2.74. The van der Waals surface area contributed by atoms with Crippen LogP contribution >= 0.6 is 0 Å². The molecule has 3 aromatic rings. The highest BCUT2D eigenvalue weighted by atomic mass is 19.1. The second kappa shape index (κ2) is 8.55. The Morgan fingerprint density at radius 3 is 2.97 bits per heavy atom. The summed E-state index contributed by atoms with van der Waals surface area (Å²) in [6, 6.07) is 4.61. The molecule has 1 atom stereocenters. The number of hydrogen-bond donors (Lipinski definition) is 2. The Balaban J connectivity index is 1.35. The number of imidazole rings is 1. The molecule has 160 valence electrons. The second-order valence-electron chi connectivity index (χ2n) is 8.20. The number of nitrogens with one attached hydrogen (secondary N) is 2. The summed E-state index contributed by atoms with van der Waals surface area (Å²) in [7, 11) is 0. The van der Waals surface area contributed by atoms with E-state index in [1.165, 1.54) is 12.1 Å². The zero-order valence-electron chi connectivity index (χ0n) is 17.8. The predicted octanol–water partition coefficient (Wildman–Crippen LogP) is 3.43. The van der Waals surface area contributed by atoms with Gasteiger partial charge in [-0.2, -0.15) is 5.10 Å². The van der Waals surface area contributed by atoms with Gasteiger partial charge in [-0.05, 0) is 64.3 Å². The van der Waals surface area contributed by atoms with Gasteiger partial charge in [-0.15, -0.1) is 0 Å². The lowest BCUT2D eigenvalue weighted by Crippen LogP contribution is -2.41. The average Bonchev–Trinajstić information content (AvgIpc) is 3.22. The van der Waals surface area contributed by atoms with Crippen LogP contribution < -0.4 is 5.32 Å². The Morgan fingerprint density at radius 1 is 1.37 bits per heavy atom. The number of halogens is 1. The summed E-state index contributed by atoms with van der Waals surface area (Å²) in [5, 5.41) is 7.52. The highest BCUT2D eigenvalue weighted by molar-refractivity contribution is 5.93. The van der Waals surface area contributed by atoms with Crippen molar-refractivity contribution < 1.29 is 9.18 Å². The fourth-order valence-corrected chi connectivity index (χ4v) is 4.43. The molecule has 7 nitrogen and oxygen atoms in total. The van der Waals surface area contributed by atoms with Crippen molar-refractivity contribution in [3.63, 3.8) is 0 Å². The molecule has 0 aliphatic carbocycles. The smallest absolute Gasteiger partial charge is 0.238 e. The third-order valence-corrected chi connectivity index (χ3v) is 5.89. The zero-order valence-corrected chi connectivity index (χ0v) is 17.8. The summed E-state index contributed by atoms with van der Waals surface area (Å²) >= 11 is 0. The van der Waals surface area contributed by atoms with E-state index in [4.69, 9.17) is 0 Å². The normalized spacial score (nSPS) is 17.5. The lowest BCUT2D eigenvalue weighted by Gasteiger charge is -2.31. The van der Waals surface area contributed by atoms with Crippen molar-refractivity contribution >= 4 is 22.6 Å². The van der Waals surface area contributed by atoms with Crippen LogP contribution in [0, 0.1) is 25.6 Å². The van der Waals surface area contributed by atoms with Gasteiger partial charge in [0.25, 0.3) is 0 Å². The van der Waals surface area contributed by atoms with Gasteiger partial charge in [0.15, 0.2) is 0 Å². The molecule has 0 saturated carbocycles. The zero-order chi connectivity index (χ0) is 21.3. The minimum Gasteiger partial charge on any atom is -0.342 e. The molecule has 8 heteroatoms. The number of amides is 1. The number of aryl methyl sites for hydroxylation is 2. The van der Waals surface area contributed by atoms with Crippen LogP contribution in [0.5, 0.6) is 0 Å². The molecular formula is C22H29FN6O. The van der Waals surface area contributed by atoms with Crippen LogP contribution in [0.2, 0.25) is 0 Å². The van der Waals surface area contributed by atoms with Gasteiger partial charge in [0, 0.05) is 19.5 Å². The Labute approximate surface area is 175 Å². The van der Waals surface area contributed by atoms with Gasteiger partial charge in [-0.1, -0.05) is 0 Å². The molecule has 0 unspecified atom stereocenters. The Kier molecular flexibility index (Phi) is 5.85. The maximum Gasteiger partial charge on any atom is 0.238 e. The standard InChI is InChI=1S/C22H29FN6O/c1-4-29-15(3)22(14(2)27-29)26-21(30)13-28-9-5-6-16(12-28)10-20-24-18-8-7-17(23)11-19(18)25-20/h7-8,11,16H,4-6,9-10,12-13H2,1-3H3,(H,24,25)(H,26,30)/t16-/m0/s1. The van der Waals surface area contributed by atoms with Crippen LogP contribution in [0.25, 0.3) is 11.0 Å². The average molecular weight is 413 g/mol. The van der Waals surface area contributed by atoms with Gasteiger partial charge in [0.2, 0.25) is 5.91 Å². The summed E-state index contributed by atoms with van der Waals surface area (Å²) in [6.45, 7) is 8.87. The number of hydrogen-bond acceptors (Lipinski definition) is 4. The number of aromatic amines is 1. The molecule has 3 heterocycles. The third kappa shape index (κ3) is 4.38. The number of aromatic nitrogens is 4. The molecule has 1 fully saturated rings. The van der Waals surface area contributed by atoms with E-state index in [2.05, 4.69) is 25.3 Å². The first kappa shape index (κ1) is 20.5. The number of carbonyl (C=O) groups excluding carboxylic acids is 1. The first-order chi connectivity index (χ1) is 14.4. The number of carbonyl (C=O) groups is 1. The van der Waals surface area contributed by atoms with Crippen molar-refractivity contribution in [2.75, 3.05) is 25.0 Å². The number of benzene rings is 1. The van der Waals surface area contributed by atoms with E-state index in [1.807, 2.05) is 25.5 Å². The van der Waals surface area contributed by atoms with Gasteiger partial charge in [-0.25, -0.2) is 9.37 Å². The van der Waals surface area contributed by atoms with Crippen molar-refractivity contribution in [1.82, 2.24) is 24.6 Å². The molecule has 1 aliphatic rings. The van der Waals surface area contributed by atoms with Crippen LogP contribution in [0.4, 0.5) is 10.1 Å². The van der Waals surface area contributed by atoms with E-state index in [0.29, 0.717) is 12.5 Å². The van der Waals surface area contributed by atoms with E-state index in [9.17, 15) is 9.18 Å². The molecule has 0 spiro atoms. The van der Waals surface area contributed by atoms with Crippen LogP contribution in [0.1, 0.15) is 37.0 Å². The van der Waals surface area contributed by atoms with Crippen molar-refractivity contribution in [3.8, 4) is 0 Å². The lowest BCUT2D eigenvalue weighted by atomic mass is 9.94. The monoisotopic (exact) mass is 412 g/mol. The SMILES string of the molecule is CCn1nc(C)c(NC(=O)CN2CCC[C@@H](Cc3nc4ccc(F)cc4[nH]3)C2)c1C. The van der Waals surface area contributed by atoms with Gasteiger partial charge < -0.3 is 10.3 Å². The number of rotatable bonds is 6. The van der Waals surface area contributed by atoms with Crippen LogP contribution in [-0.4, -0.2) is 50.2 Å². The van der Waals surface area contributed by atoms with Gasteiger partial charge in [0.1, 0.15) is 11.6 Å². The van der Waals surface area contributed by atoms with Crippen molar-refractivity contribution in [3.05, 3.63) is 41.2 Å². The topological polar surface area (TPSA) is 78.8 Å². The quantitative estimate of drug-likeness (QED) is 0.650. The summed E-state index contributed by atoms with van der Waals surface area (Å²) in [6.07, 6.45) is 2.96. The number of piperidine rings is 1. The highest BCUT2D eigenvalue weighted by Crippen LogP contribution is 2.23. The van der Waals surface area contributed by atoms with E-state index in [0.717, 1.165) is 72.8 Å². The molecule has 2 aromatic heterocycles. The number of likely N-dealkylation sites (tertiary alicyclic amines) is 1. The van der Waals surface area contributed by atoms with Crippen molar-refractivity contribution in [1.29, 1.82) is 0 Å². The third-order valence-electron chi connectivity index (χ3n) is 5.89. The van der Waals surface area contributed by atoms with E-state index in [1.54, 1.807) is 6.07 Å². The molecule has 1 saturated heterocycles.